The molecule has 5 rings (SSSR count). The third-order valence-electron chi connectivity index (χ3n) is 5.45. The molecule has 0 aliphatic heterocycles. The Hall–Kier alpha value is -3.60. The number of nitrogens with one attached hydrogen (secondary N) is 1. The molecule has 2 heterocycles. The van der Waals surface area contributed by atoms with Crippen LogP contribution in [0.25, 0.3) is 44.2 Å². The summed E-state index contributed by atoms with van der Waals surface area (Å²) in [7, 11) is 0. The predicted molar refractivity (Wildman–Crippen MR) is 119 cm³/mol. The van der Waals surface area contributed by atoms with Crippen molar-refractivity contribution in [3.63, 3.8) is 0 Å². The molecule has 5 aromatic rings. The molecule has 1 N–H and O–H groups in total. The summed E-state index contributed by atoms with van der Waals surface area (Å²) in [4.78, 5) is 22.7. The lowest BCUT2D eigenvalue weighted by Gasteiger charge is -2.21. The maximum absolute atomic E-state index is 12.7. The van der Waals surface area contributed by atoms with E-state index in [4.69, 9.17) is 4.42 Å². The number of hydrogen-bond donors (Lipinski definition) is 1. The fourth-order valence-electron chi connectivity index (χ4n) is 3.88. The van der Waals surface area contributed by atoms with Crippen LogP contribution in [-0.2, 0) is 0 Å². The molecule has 29 heavy (non-hydrogen) atoms. The van der Waals surface area contributed by atoms with Crippen molar-refractivity contribution in [3.8, 4) is 11.4 Å². The lowest BCUT2D eigenvalue weighted by molar-refractivity contribution is 0.563. The minimum absolute atomic E-state index is 0.393. The van der Waals surface area contributed by atoms with Crippen LogP contribution in [0, 0.1) is 0 Å². The Kier molecular flexibility index (Phi) is 4.09. The molecule has 0 saturated carbocycles. The number of benzene rings is 3. The van der Waals surface area contributed by atoms with E-state index in [-0.39, 0.29) is 0 Å². The van der Waals surface area contributed by atoms with Gasteiger partial charge in [0.05, 0.1) is 11.0 Å². The van der Waals surface area contributed by atoms with Crippen molar-refractivity contribution in [1.29, 1.82) is 0 Å². The second-order valence-corrected chi connectivity index (χ2v) is 7.14. The molecule has 0 unspecified atom stereocenters. The SMILES string of the molecule is CCN(CC)c1ccc2cc3cc(-c4nc5ccccc5[nH]4)c(=O)oc3cc2c1. The normalized spacial score (nSPS) is 11.5. The molecule has 0 amide bonds. The first-order chi connectivity index (χ1) is 14.2. The van der Waals surface area contributed by atoms with Crippen LogP contribution in [0.4, 0.5) is 5.69 Å². The maximum Gasteiger partial charge on any atom is 0.347 e. The van der Waals surface area contributed by atoms with Crippen molar-refractivity contribution in [2.45, 2.75) is 13.8 Å². The number of rotatable bonds is 4. The van der Waals surface area contributed by atoms with Gasteiger partial charge in [-0.15, -0.1) is 0 Å². The van der Waals surface area contributed by atoms with E-state index >= 15 is 0 Å². The first-order valence-electron chi connectivity index (χ1n) is 9.88. The molecule has 0 spiro atoms. The Morgan fingerprint density at radius 1 is 0.931 bits per heavy atom. The van der Waals surface area contributed by atoms with Crippen molar-refractivity contribution in [2.24, 2.45) is 0 Å². The molecule has 3 aromatic carbocycles. The van der Waals surface area contributed by atoms with Crippen LogP contribution in [0.15, 0.2) is 69.9 Å². The summed E-state index contributed by atoms with van der Waals surface area (Å²) in [6.07, 6.45) is 0. The number of fused-ring (bicyclic) bond motifs is 3. The summed E-state index contributed by atoms with van der Waals surface area (Å²) in [5, 5.41) is 3.04. The third kappa shape index (κ3) is 2.95. The third-order valence-corrected chi connectivity index (χ3v) is 5.45. The highest BCUT2D eigenvalue weighted by molar-refractivity contribution is 5.98. The van der Waals surface area contributed by atoms with Crippen LogP contribution in [0.3, 0.4) is 0 Å². The van der Waals surface area contributed by atoms with Crippen LogP contribution >= 0.6 is 0 Å². The van der Waals surface area contributed by atoms with E-state index < -0.39 is 5.63 Å². The van der Waals surface area contributed by atoms with Gasteiger partial charge in [-0.1, -0.05) is 18.2 Å². The van der Waals surface area contributed by atoms with Crippen molar-refractivity contribution in [2.75, 3.05) is 18.0 Å². The van der Waals surface area contributed by atoms with Gasteiger partial charge in [0, 0.05) is 24.2 Å². The van der Waals surface area contributed by atoms with Gasteiger partial charge in [0.1, 0.15) is 17.0 Å². The predicted octanol–water partition coefficient (Wildman–Crippen LogP) is 5.34. The topological polar surface area (TPSA) is 62.1 Å². The van der Waals surface area contributed by atoms with Crippen molar-refractivity contribution < 1.29 is 4.42 Å². The Bertz CT molecular complexity index is 1380. The Labute approximate surface area is 167 Å². The highest BCUT2D eigenvalue weighted by Gasteiger charge is 2.13. The molecule has 0 bridgehead atoms. The van der Waals surface area contributed by atoms with E-state index in [1.807, 2.05) is 36.4 Å². The Balaban J connectivity index is 1.67. The fourth-order valence-corrected chi connectivity index (χ4v) is 3.88. The molecule has 0 radical (unpaired) electrons. The second kappa shape index (κ2) is 6.78. The molecule has 0 atom stereocenters. The van der Waals surface area contributed by atoms with E-state index in [1.54, 1.807) is 0 Å². The van der Waals surface area contributed by atoms with Gasteiger partial charge >= 0.3 is 5.63 Å². The minimum atomic E-state index is -0.393. The molecule has 144 valence electrons. The lowest BCUT2D eigenvalue weighted by atomic mass is 10.1. The number of para-hydroxylation sites is 2. The number of aromatic nitrogens is 2. The van der Waals surface area contributed by atoms with Gasteiger partial charge in [-0.05, 0) is 67.1 Å². The van der Waals surface area contributed by atoms with Crippen LogP contribution in [-0.4, -0.2) is 23.1 Å². The van der Waals surface area contributed by atoms with Crippen molar-refractivity contribution in [3.05, 3.63) is 71.1 Å². The zero-order valence-electron chi connectivity index (χ0n) is 16.4. The molecule has 5 heteroatoms. The summed E-state index contributed by atoms with van der Waals surface area (Å²) in [6.45, 7) is 6.19. The molecule has 0 saturated heterocycles. The largest absolute Gasteiger partial charge is 0.422 e. The monoisotopic (exact) mass is 383 g/mol. The minimum Gasteiger partial charge on any atom is -0.422 e. The lowest BCUT2D eigenvalue weighted by Crippen LogP contribution is -2.21. The van der Waals surface area contributed by atoms with Gasteiger partial charge in [-0.3, -0.25) is 0 Å². The zero-order chi connectivity index (χ0) is 20.0. The summed E-state index contributed by atoms with van der Waals surface area (Å²) in [5.41, 5.74) is 3.51. The van der Waals surface area contributed by atoms with Crippen LogP contribution < -0.4 is 10.5 Å². The van der Waals surface area contributed by atoms with Crippen molar-refractivity contribution in [1.82, 2.24) is 9.97 Å². The molecule has 0 fully saturated rings. The van der Waals surface area contributed by atoms with Crippen molar-refractivity contribution >= 4 is 38.5 Å². The number of imidazole rings is 1. The Morgan fingerprint density at radius 3 is 2.55 bits per heavy atom. The van der Waals surface area contributed by atoms with E-state index in [9.17, 15) is 4.79 Å². The number of hydrogen-bond acceptors (Lipinski definition) is 4. The first kappa shape index (κ1) is 17.5. The quantitative estimate of drug-likeness (QED) is 0.336. The van der Waals surface area contributed by atoms with Gasteiger partial charge in [0.2, 0.25) is 0 Å². The van der Waals surface area contributed by atoms with Gasteiger partial charge < -0.3 is 14.3 Å². The molecule has 5 nitrogen and oxygen atoms in total. The molecule has 0 aliphatic rings. The number of nitrogens with zero attached hydrogens (tertiary/aromatic N) is 2. The molecule has 0 aliphatic carbocycles. The zero-order valence-corrected chi connectivity index (χ0v) is 16.4. The average molecular weight is 383 g/mol. The van der Waals surface area contributed by atoms with E-state index in [0.29, 0.717) is 17.0 Å². The van der Waals surface area contributed by atoms with Gasteiger partial charge in [0.15, 0.2) is 0 Å². The van der Waals surface area contributed by atoms with E-state index in [2.05, 4.69) is 53.0 Å². The molecular formula is C24H21N3O2. The van der Waals surface area contributed by atoms with E-state index in [0.717, 1.165) is 40.3 Å². The smallest absolute Gasteiger partial charge is 0.347 e. The highest BCUT2D eigenvalue weighted by atomic mass is 16.4. The van der Waals surface area contributed by atoms with Gasteiger partial charge in [-0.25, -0.2) is 9.78 Å². The number of H-pyrrole nitrogens is 1. The van der Waals surface area contributed by atoms with Crippen LogP contribution in [0.1, 0.15) is 13.8 Å². The fraction of sp³-hybridized carbons (Fsp3) is 0.167. The van der Waals surface area contributed by atoms with Crippen LogP contribution in [0.2, 0.25) is 0 Å². The standard InChI is InChI=1S/C24H21N3O2/c1-3-27(4-2)18-10-9-15-11-17-13-19(24(28)29-22(17)14-16(15)12-18)23-25-20-7-5-6-8-21(20)26-23/h5-14H,3-4H2,1-2H3,(H,25,26). The van der Waals surface area contributed by atoms with Gasteiger partial charge in [-0.2, -0.15) is 0 Å². The summed E-state index contributed by atoms with van der Waals surface area (Å²) >= 11 is 0. The second-order valence-electron chi connectivity index (χ2n) is 7.14. The molecule has 2 aromatic heterocycles. The van der Waals surface area contributed by atoms with Crippen LogP contribution in [0.5, 0.6) is 0 Å². The average Bonchev–Trinajstić information content (AvgIpc) is 3.16. The van der Waals surface area contributed by atoms with Gasteiger partial charge in [0.25, 0.3) is 0 Å². The maximum atomic E-state index is 12.7. The summed E-state index contributed by atoms with van der Waals surface area (Å²) < 4.78 is 5.68. The first-order valence-corrected chi connectivity index (χ1v) is 9.88. The summed E-state index contributed by atoms with van der Waals surface area (Å²) in [6, 6.07) is 20.0. The highest BCUT2D eigenvalue weighted by Crippen LogP contribution is 2.28. The molecular weight excluding hydrogens is 362 g/mol. The Morgan fingerprint density at radius 2 is 1.76 bits per heavy atom. The number of anilines is 1. The summed E-state index contributed by atoms with van der Waals surface area (Å²) in [5.74, 6) is 0.527. The number of aromatic amines is 1. The van der Waals surface area contributed by atoms with E-state index in [1.165, 1.54) is 5.69 Å².